The van der Waals surface area contributed by atoms with Crippen molar-refractivity contribution in [3.05, 3.63) is 17.4 Å². The molecule has 3 N–H and O–H groups in total. The van der Waals surface area contributed by atoms with Crippen LogP contribution in [0.15, 0.2) is 12.3 Å². The first-order valence-corrected chi connectivity index (χ1v) is 7.04. The normalized spacial score (nSPS) is 18.6. The van der Waals surface area contributed by atoms with Crippen LogP contribution in [0.2, 0.25) is 5.15 Å². The SMILES string of the molecule is NCC1(C(=O)Nc2nccc(Cl)n2)CCCCCC1. The van der Waals surface area contributed by atoms with Crippen molar-refractivity contribution in [1.29, 1.82) is 0 Å². The molecule has 0 saturated heterocycles. The van der Waals surface area contributed by atoms with E-state index in [1.165, 1.54) is 19.0 Å². The highest BCUT2D eigenvalue weighted by Crippen LogP contribution is 2.35. The number of amides is 1. The Morgan fingerprint density at radius 3 is 2.63 bits per heavy atom. The average Bonchev–Trinajstić information content (AvgIpc) is 2.65. The number of rotatable bonds is 3. The van der Waals surface area contributed by atoms with Gasteiger partial charge >= 0.3 is 0 Å². The molecule has 1 amide bonds. The molecule has 104 valence electrons. The molecular formula is C13H19ClN4O. The van der Waals surface area contributed by atoms with E-state index in [4.69, 9.17) is 17.3 Å². The Labute approximate surface area is 118 Å². The lowest BCUT2D eigenvalue weighted by Crippen LogP contribution is -2.42. The van der Waals surface area contributed by atoms with Crippen molar-refractivity contribution in [2.24, 2.45) is 11.1 Å². The van der Waals surface area contributed by atoms with Crippen LogP contribution in [-0.4, -0.2) is 22.4 Å². The number of aromatic nitrogens is 2. The van der Waals surface area contributed by atoms with Gasteiger partial charge in [-0.25, -0.2) is 9.97 Å². The molecule has 0 aromatic carbocycles. The van der Waals surface area contributed by atoms with E-state index < -0.39 is 5.41 Å². The van der Waals surface area contributed by atoms with Crippen molar-refractivity contribution in [1.82, 2.24) is 9.97 Å². The quantitative estimate of drug-likeness (QED) is 0.659. The van der Waals surface area contributed by atoms with Gasteiger partial charge in [0.05, 0.1) is 5.41 Å². The van der Waals surface area contributed by atoms with Gasteiger partial charge in [-0.3, -0.25) is 10.1 Å². The fourth-order valence-corrected chi connectivity index (χ4v) is 2.70. The molecule has 19 heavy (non-hydrogen) atoms. The number of anilines is 1. The summed E-state index contributed by atoms with van der Waals surface area (Å²) >= 11 is 5.78. The number of nitrogens with two attached hydrogens (primary N) is 1. The number of carbonyl (C=O) groups is 1. The third kappa shape index (κ3) is 3.42. The van der Waals surface area contributed by atoms with E-state index in [1.807, 2.05) is 0 Å². The van der Waals surface area contributed by atoms with Crippen molar-refractivity contribution < 1.29 is 4.79 Å². The van der Waals surface area contributed by atoms with Crippen LogP contribution in [-0.2, 0) is 4.79 Å². The molecular weight excluding hydrogens is 264 g/mol. The van der Waals surface area contributed by atoms with Crippen LogP contribution in [0.25, 0.3) is 0 Å². The first kappa shape index (κ1) is 14.2. The molecule has 1 saturated carbocycles. The fourth-order valence-electron chi connectivity index (χ4n) is 2.56. The van der Waals surface area contributed by atoms with Gasteiger partial charge in [0.25, 0.3) is 0 Å². The first-order valence-electron chi connectivity index (χ1n) is 6.66. The largest absolute Gasteiger partial charge is 0.329 e. The van der Waals surface area contributed by atoms with Crippen LogP contribution in [0, 0.1) is 5.41 Å². The molecule has 0 atom stereocenters. The maximum absolute atomic E-state index is 12.5. The van der Waals surface area contributed by atoms with Gasteiger partial charge < -0.3 is 5.73 Å². The number of hydrogen-bond acceptors (Lipinski definition) is 4. The summed E-state index contributed by atoms with van der Waals surface area (Å²) in [5.41, 5.74) is 5.38. The standard InChI is InChI=1S/C13H19ClN4O/c14-10-5-8-16-12(17-10)18-11(19)13(9-15)6-3-1-2-4-7-13/h5,8H,1-4,6-7,9,15H2,(H,16,17,18,19). The highest BCUT2D eigenvalue weighted by Gasteiger charge is 2.37. The second kappa shape index (κ2) is 6.30. The van der Waals surface area contributed by atoms with E-state index in [0.29, 0.717) is 11.7 Å². The molecule has 5 nitrogen and oxygen atoms in total. The third-order valence-corrected chi connectivity index (χ3v) is 3.99. The van der Waals surface area contributed by atoms with Gasteiger partial charge in [-0.2, -0.15) is 0 Å². The van der Waals surface area contributed by atoms with E-state index in [-0.39, 0.29) is 11.9 Å². The smallest absolute Gasteiger partial charge is 0.234 e. The molecule has 0 aliphatic heterocycles. The molecule has 1 aromatic heterocycles. The summed E-state index contributed by atoms with van der Waals surface area (Å²) in [6.07, 6.45) is 7.60. The number of halogens is 1. The molecule has 0 spiro atoms. The number of nitrogens with one attached hydrogen (secondary N) is 1. The minimum atomic E-state index is -0.484. The Hall–Kier alpha value is -1.20. The summed E-state index contributed by atoms with van der Waals surface area (Å²) in [5.74, 6) is 0.161. The molecule has 1 fully saturated rings. The van der Waals surface area contributed by atoms with Gasteiger partial charge in [0.2, 0.25) is 11.9 Å². The summed E-state index contributed by atoms with van der Waals surface area (Å²) in [6, 6.07) is 1.57. The van der Waals surface area contributed by atoms with E-state index in [0.717, 1.165) is 25.7 Å². The predicted molar refractivity (Wildman–Crippen MR) is 74.9 cm³/mol. The summed E-state index contributed by atoms with van der Waals surface area (Å²) in [4.78, 5) is 20.4. The summed E-state index contributed by atoms with van der Waals surface area (Å²) in [6.45, 7) is 0.361. The number of nitrogens with zero attached hydrogens (tertiary/aromatic N) is 2. The van der Waals surface area contributed by atoms with Crippen molar-refractivity contribution in [2.75, 3.05) is 11.9 Å². The fraction of sp³-hybridized carbons (Fsp3) is 0.615. The highest BCUT2D eigenvalue weighted by atomic mass is 35.5. The van der Waals surface area contributed by atoms with Crippen LogP contribution in [0.3, 0.4) is 0 Å². The first-order chi connectivity index (χ1) is 9.16. The van der Waals surface area contributed by atoms with Crippen LogP contribution in [0.1, 0.15) is 38.5 Å². The van der Waals surface area contributed by atoms with Gasteiger partial charge in [0.15, 0.2) is 0 Å². The van der Waals surface area contributed by atoms with E-state index in [2.05, 4.69) is 15.3 Å². The minimum Gasteiger partial charge on any atom is -0.329 e. The van der Waals surface area contributed by atoms with Crippen molar-refractivity contribution in [3.63, 3.8) is 0 Å². The lowest BCUT2D eigenvalue weighted by atomic mass is 9.79. The van der Waals surface area contributed by atoms with E-state index in [1.54, 1.807) is 6.07 Å². The van der Waals surface area contributed by atoms with Gasteiger partial charge in [0, 0.05) is 12.7 Å². The number of carbonyl (C=O) groups excluding carboxylic acids is 1. The molecule has 0 bridgehead atoms. The summed E-state index contributed by atoms with van der Waals surface area (Å²) in [7, 11) is 0. The van der Waals surface area contributed by atoms with Crippen molar-refractivity contribution in [3.8, 4) is 0 Å². The van der Waals surface area contributed by atoms with Crippen molar-refractivity contribution in [2.45, 2.75) is 38.5 Å². The number of hydrogen-bond donors (Lipinski definition) is 2. The second-order valence-electron chi connectivity index (χ2n) is 5.06. The van der Waals surface area contributed by atoms with E-state index >= 15 is 0 Å². The molecule has 0 radical (unpaired) electrons. The Morgan fingerprint density at radius 2 is 2.05 bits per heavy atom. The zero-order valence-corrected chi connectivity index (χ0v) is 11.6. The third-order valence-electron chi connectivity index (χ3n) is 3.78. The lowest BCUT2D eigenvalue weighted by molar-refractivity contribution is -0.125. The lowest BCUT2D eigenvalue weighted by Gasteiger charge is -2.29. The van der Waals surface area contributed by atoms with Crippen LogP contribution >= 0.6 is 11.6 Å². The molecule has 2 rings (SSSR count). The van der Waals surface area contributed by atoms with Gasteiger partial charge in [0.1, 0.15) is 5.15 Å². The molecule has 0 unspecified atom stereocenters. The van der Waals surface area contributed by atoms with Gasteiger partial charge in [-0.15, -0.1) is 0 Å². The van der Waals surface area contributed by atoms with Gasteiger partial charge in [-0.05, 0) is 18.9 Å². The molecule has 1 aliphatic carbocycles. The summed E-state index contributed by atoms with van der Waals surface area (Å²) < 4.78 is 0. The topological polar surface area (TPSA) is 80.9 Å². The van der Waals surface area contributed by atoms with Crippen molar-refractivity contribution >= 4 is 23.5 Å². The molecule has 1 aromatic rings. The monoisotopic (exact) mass is 282 g/mol. The predicted octanol–water partition coefficient (Wildman–Crippen LogP) is 2.37. The second-order valence-corrected chi connectivity index (χ2v) is 5.44. The molecule has 1 heterocycles. The van der Waals surface area contributed by atoms with E-state index in [9.17, 15) is 4.79 Å². The molecule has 6 heteroatoms. The Kier molecular flexibility index (Phi) is 4.71. The van der Waals surface area contributed by atoms with Crippen LogP contribution in [0.4, 0.5) is 5.95 Å². The Morgan fingerprint density at radius 1 is 1.37 bits per heavy atom. The maximum Gasteiger partial charge on any atom is 0.234 e. The zero-order valence-electron chi connectivity index (χ0n) is 10.9. The maximum atomic E-state index is 12.5. The average molecular weight is 283 g/mol. The minimum absolute atomic E-state index is 0.0841. The van der Waals surface area contributed by atoms with Gasteiger partial charge in [-0.1, -0.05) is 37.3 Å². The summed E-state index contributed by atoms with van der Waals surface area (Å²) in [5, 5.41) is 3.06. The highest BCUT2D eigenvalue weighted by molar-refractivity contribution is 6.29. The van der Waals surface area contributed by atoms with Crippen LogP contribution in [0.5, 0.6) is 0 Å². The molecule has 1 aliphatic rings. The zero-order chi connectivity index (χ0) is 13.7. The Balaban J connectivity index is 2.12. The van der Waals surface area contributed by atoms with Crippen LogP contribution < -0.4 is 11.1 Å². The Bertz CT molecular complexity index is 444.